The molecule has 4 heteroatoms. The molecule has 0 saturated carbocycles. The molecule has 0 aromatic rings. The largest absolute Gasteiger partial charge is 0.363 e. The van der Waals surface area contributed by atoms with E-state index in [4.69, 9.17) is 0 Å². The lowest BCUT2D eigenvalue weighted by Gasteiger charge is -1.99. The number of amides is 1. The molecule has 0 spiro atoms. The van der Waals surface area contributed by atoms with Crippen LogP contribution < -0.4 is 10.6 Å². The van der Waals surface area contributed by atoms with Gasteiger partial charge in [-0.25, -0.2) is 0 Å². The highest BCUT2D eigenvalue weighted by atomic mass is 32.1. The molecule has 0 radical (unpaired) electrons. The zero-order valence-electron chi connectivity index (χ0n) is 4.60. The second-order valence-corrected chi connectivity index (χ2v) is 1.53. The van der Waals surface area contributed by atoms with E-state index in [1.54, 1.807) is 0 Å². The van der Waals surface area contributed by atoms with Crippen molar-refractivity contribution in [3.8, 4) is 0 Å². The summed E-state index contributed by atoms with van der Waals surface area (Å²) in [4.78, 5) is 9.65. The van der Waals surface area contributed by atoms with Gasteiger partial charge in [0.05, 0.1) is 0 Å². The molecule has 0 heterocycles. The summed E-state index contributed by atoms with van der Waals surface area (Å²) in [6.45, 7) is 2.64. The molecule has 8 heavy (non-hydrogen) atoms. The van der Waals surface area contributed by atoms with Gasteiger partial charge in [-0.3, -0.25) is 4.79 Å². The summed E-state index contributed by atoms with van der Waals surface area (Å²) >= 11 is 4.60. The van der Waals surface area contributed by atoms with Gasteiger partial charge in [0, 0.05) is 6.54 Å². The van der Waals surface area contributed by atoms with Gasteiger partial charge in [-0.05, 0) is 19.1 Å². The van der Waals surface area contributed by atoms with Crippen molar-refractivity contribution >= 4 is 23.7 Å². The Morgan fingerprint density at radius 3 is 2.88 bits per heavy atom. The first-order valence-electron chi connectivity index (χ1n) is 2.29. The molecule has 0 aliphatic heterocycles. The first-order valence-corrected chi connectivity index (χ1v) is 2.70. The normalized spacial score (nSPS) is 7.62. The van der Waals surface area contributed by atoms with Gasteiger partial charge < -0.3 is 10.6 Å². The van der Waals surface area contributed by atoms with Crippen molar-refractivity contribution < 1.29 is 4.79 Å². The van der Waals surface area contributed by atoms with E-state index >= 15 is 0 Å². The fourth-order valence-corrected chi connectivity index (χ4v) is 0.458. The molecule has 0 aliphatic carbocycles. The molecule has 0 fully saturated rings. The molecule has 0 rings (SSSR count). The van der Waals surface area contributed by atoms with Crippen LogP contribution in [0.4, 0.5) is 0 Å². The van der Waals surface area contributed by atoms with Crippen LogP contribution in [0.2, 0.25) is 0 Å². The Morgan fingerprint density at radius 1 is 1.88 bits per heavy atom. The van der Waals surface area contributed by atoms with Crippen LogP contribution in [0.5, 0.6) is 0 Å². The highest BCUT2D eigenvalue weighted by Crippen LogP contribution is 1.59. The van der Waals surface area contributed by atoms with E-state index in [1.165, 1.54) is 0 Å². The van der Waals surface area contributed by atoms with Gasteiger partial charge in [-0.1, -0.05) is 0 Å². The summed E-state index contributed by atoms with van der Waals surface area (Å²) < 4.78 is 0. The van der Waals surface area contributed by atoms with E-state index in [0.29, 0.717) is 11.5 Å². The number of thiocarbonyl (C=S) groups is 1. The predicted molar refractivity (Wildman–Crippen MR) is 35.5 cm³/mol. The molecule has 0 aliphatic rings. The molecule has 3 nitrogen and oxygen atoms in total. The topological polar surface area (TPSA) is 41.1 Å². The molecule has 46 valence electrons. The molecule has 0 atom stereocenters. The van der Waals surface area contributed by atoms with Crippen LogP contribution in [0.25, 0.3) is 0 Å². The number of carbonyl (C=O) groups excluding carboxylic acids is 1. The highest BCUT2D eigenvalue weighted by molar-refractivity contribution is 7.80. The van der Waals surface area contributed by atoms with Crippen molar-refractivity contribution in [2.24, 2.45) is 0 Å². The third-order valence-electron chi connectivity index (χ3n) is 0.527. The van der Waals surface area contributed by atoms with Gasteiger partial charge in [0.15, 0.2) is 5.11 Å². The lowest BCUT2D eigenvalue weighted by Crippen LogP contribution is -2.33. The minimum Gasteiger partial charge on any atom is -0.363 e. The van der Waals surface area contributed by atoms with E-state index in [-0.39, 0.29) is 0 Å². The Balaban J connectivity index is 3.18. The van der Waals surface area contributed by atoms with Crippen molar-refractivity contribution in [1.82, 2.24) is 10.6 Å². The van der Waals surface area contributed by atoms with E-state index in [0.717, 1.165) is 6.54 Å². The van der Waals surface area contributed by atoms with Crippen LogP contribution in [0.3, 0.4) is 0 Å². The molecule has 1 amide bonds. The maximum absolute atomic E-state index is 9.65. The zero-order valence-corrected chi connectivity index (χ0v) is 5.42. The van der Waals surface area contributed by atoms with Crippen molar-refractivity contribution in [3.05, 3.63) is 0 Å². The monoisotopic (exact) mass is 132 g/mol. The van der Waals surface area contributed by atoms with E-state index in [1.807, 2.05) is 6.92 Å². The summed E-state index contributed by atoms with van der Waals surface area (Å²) in [6, 6.07) is 0. The summed E-state index contributed by atoms with van der Waals surface area (Å²) in [5.74, 6) is 0. The van der Waals surface area contributed by atoms with Gasteiger partial charge in [0.25, 0.3) is 0 Å². The smallest absolute Gasteiger partial charge is 0.213 e. The van der Waals surface area contributed by atoms with Gasteiger partial charge in [0.2, 0.25) is 6.41 Å². The van der Waals surface area contributed by atoms with Crippen LogP contribution in [-0.4, -0.2) is 18.1 Å². The molecule has 0 bridgehead atoms. The molecule has 0 aromatic carbocycles. The standard InChI is InChI=1S/C4H8N2OS/c1-2-5-4(8)6-3-7/h3H,2H2,1H3,(H2,5,6,7,8). The molecule has 2 N–H and O–H groups in total. The third kappa shape index (κ3) is 3.55. The van der Waals surface area contributed by atoms with Crippen LogP contribution in [0.15, 0.2) is 0 Å². The first kappa shape index (κ1) is 7.36. The summed E-state index contributed by atoms with van der Waals surface area (Å²) in [6.07, 6.45) is 0.547. The quantitative estimate of drug-likeness (QED) is 0.398. The predicted octanol–water partition coefficient (Wildman–Crippen LogP) is -0.373. The van der Waals surface area contributed by atoms with Gasteiger partial charge in [-0.2, -0.15) is 0 Å². The maximum atomic E-state index is 9.65. The van der Waals surface area contributed by atoms with Crippen molar-refractivity contribution in [1.29, 1.82) is 0 Å². The minimum atomic E-state index is 0.377. The number of carbonyl (C=O) groups is 1. The lowest BCUT2D eigenvalue weighted by atomic mass is 10.7. The molecule has 0 saturated heterocycles. The molecular formula is C4H8N2OS. The molecule has 0 aromatic heterocycles. The van der Waals surface area contributed by atoms with Crippen molar-refractivity contribution in [2.75, 3.05) is 6.54 Å². The van der Waals surface area contributed by atoms with Crippen molar-refractivity contribution in [3.63, 3.8) is 0 Å². The second-order valence-electron chi connectivity index (χ2n) is 1.12. The Bertz CT molecular complexity index is 94.0. The molecular weight excluding hydrogens is 124 g/mol. The fourth-order valence-electron chi connectivity index (χ4n) is 0.265. The van der Waals surface area contributed by atoms with Crippen molar-refractivity contribution in [2.45, 2.75) is 6.92 Å². The fraction of sp³-hybridized carbons (Fsp3) is 0.500. The number of nitrogens with one attached hydrogen (secondary N) is 2. The number of hydrogen-bond donors (Lipinski definition) is 2. The Labute approximate surface area is 53.5 Å². The lowest BCUT2D eigenvalue weighted by molar-refractivity contribution is -0.108. The highest BCUT2D eigenvalue weighted by Gasteiger charge is 1.84. The summed E-state index contributed by atoms with van der Waals surface area (Å²) in [5, 5.41) is 5.40. The van der Waals surface area contributed by atoms with E-state index < -0.39 is 0 Å². The summed E-state index contributed by atoms with van der Waals surface area (Å²) in [5.41, 5.74) is 0. The number of hydrogen-bond acceptors (Lipinski definition) is 2. The average molecular weight is 132 g/mol. The Hall–Kier alpha value is -0.640. The maximum Gasteiger partial charge on any atom is 0.213 e. The number of rotatable bonds is 2. The van der Waals surface area contributed by atoms with Crippen LogP contribution in [0, 0.1) is 0 Å². The van der Waals surface area contributed by atoms with Gasteiger partial charge >= 0.3 is 0 Å². The molecule has 0 unspecified atom stereocenters. The summed E-state index contributed by atoms with van der Waals surface area (Å²) in [7, 11) is 0. The Kier molecular flexibility index (Phi) is 4.16. The first-order chi connectivity index (χ1) is 3.81. The van der Waals surface area contributed by atoms with Crippen LogP contribution >= 0.6 is 12.2 Å². The van der Waals surface area contributed by atoms with Gasteiger partial charge in [0.1, 0.15) is 0 Å². The second kappa shape index (κ2) is 4.52. The minimum absolute atomic E-state index is 0.377. The third-order valence-corrected chi connectivity index (χ3v) is 0.790. The Morgan fingerprint density at radius 2 is 2.50 bits per heavy atom. The SMILES string of the molecule is CCNC(=S)NC=O. The zero-order chi connectivity index (χ0) is 6.41. The van der Waals surface area contributed by atoms with Crippen LogP contribution in [-0.2, 0) is 4.79 Å². The van der Waals surface area contributed by atoms with E-state index in [2.05, 4.69) is 22.9 Å². The average Bonchev–Trinajstić information content (AvgIpc) is 1.68. The van der Waals surface area contributed by atoms with Gasteiger partial charge in [-0.15, -0.1) is 0 Å². The van der Waals surface area contributed by atoms with E-state index in [9.17, 15) is 4.79 Å². The van der Waals surface area contributed by atoms with Crippen LogP contribution in [0.1, 0.15) is 6.92 Å².